The fraction of sp³-hybridized carbons (Fsp3) is 0.143. The lowest BCUT2D eigenvalue weighted by atomic mass is 10.1. The highest BCUT2D eigenvalue weighted by Gasteiger charge is 2.35. The first-order valence-corrected chi connectivity index (χ1v) is 13.7. The van der Waals surface area contributed by atoms with E-state index in [0.717, 1.165) is 38.3 Å². The molecule has 1 aromatic heterocycles. The molecule has 1 fully saturated rings. The van der Waals surface area contributed by atoms with Gasteiger partial charge in [-0.3, -0.25) is 14.5 Å². The minimum atomic E-state index is -0.308. The molecule has 0 bridgehead atoms. The Hall–Kier alpha value is -3.40. The lowest BCUT2D eigenvalue weighted by molar-refractivity contribution is -0.123. The van der Waals surface area contributed by atoms with Gasteiger partial charge in [0.2, 0.25) is 6.79 Å². The summed E-state index contributed by atoms with van der Waals surface area (Å²) in [5.41, 5.74) is 2.68. The molecule has 1 saturated heterocycles. The zero-order valence-electron chi connectivity index (χ0n) is 19.9. The smallest absolute Gasteiger partial charge is 0.293 e. The van der Waals surface area contributed by atoms with Gasteiger partial charge >= 0.3 is 0 Å². The number of carbonyl (C=O) groups excluding carboxylic acids is 2. The number of imide groups is 1. The second kappa shape index (κ2) is 10.4. The van der Waals surface area contributed by atoms with Gasteiger partial charge in [0.05, 0.1) is 18.0 Å². The maximum absolute atomic E-state index is 13.1. The summed E-state index contributed by atoms with van der Waals surface area (Å²) in [6.45, 7) is 1.42. The largest absolute Gasteiger partial charge is 0.492 e. The summed E-state index contributed by atoms with van der Waals surface area (Å²) in [5, 5.41) is 1.27. The van der Waals surface area contributed by atoms with Crippen molar-refractivity contribution in [3.05, 3.63) is 92.4 Å². The Bertz CT molecular complexity index is 1600. The summed E-state index contributed by atoms with van der Waals surface area (Å²) in [7, 11) is 0. The zero-order chi connectivity index (χ0) is 26.2. The van der Waals surface area contributed by atoms with Gasteiger partial charge in [0.25, 0.3) is 11.1 Å². The highest BCUT2D eigenvalue weighted by molar-refractivity contribution is 9.10. The summed E-state index contributed by atoms with van der Waals surface area (Å²) < 4.78 is 19.7. The van der Waals surface area contributed by atoms with E-state index in [1.165, 1.54) is 4.90 Å². The van der Waals surface area contributed by atoms with Gasteiger partial charge in [-0.05, 0) is 65.9 Å². The minimum absolute atomic E-state index is 0.198. The number of hydrogen-bond donors (Lipinski definition) is 0. The Kier molecular flexibility index (Phi) is 6.82. The highest BCUT2D eigenvalue weighted by Crippen LogP contribution is 2.37. The number of carbonyl (C=O) groups is 2. The second-order valence-electron chi connectivity index (χ2n) is 8.70. The van der Waals surface area contributed by atoms with Crippen molar-refractivity contribution >= 4 is 67.4 Å². The first kappa shape index (κ1) is 24.9. The number of hydrogen-bond acceptors (Lipinski definition) is 6. The van der Waals surface area contributed by atoms with Crippen LogP contribution in [0.15, 0.2) is 76.2 Å². The van der Waals surface area contributed by atoms with Crippen molar-refractivity contribution in [1.29, 1.82) is 0 Å². The van der Waals surface area contributed by atoms with E-state index in [4.69, 9.17) is 25.8 Å². The number of nitrogens with zero attached hydrogens (tertiary/aromatic N) is 2. The summed E-state index contributed by atoms with van der Waals surface area (Å²) in [4.78, 5) is 27.5. The summed E-state index contributed by atoms with van der Waals surface area (Å²) in [5.74, 6) is 1.77. The van der Waals surface area contributed by atoms with Crippen LogP contribution in [0.4, 0.5) is 4.79 Å². The van der Waals surface area contributed by atoms with Crippen molar-refractivity contribution in [2.24, 2.45) is 0 Å². The quantitative estimate of drug-likeness (QED) is 0.208. The second-order valence-corrected chi connectivity index (χ2v) is 11.0. The van der Waals surface area contributed by atoms with Crippen LogP contribution < -0.4 is 14.2 Å². The van der Waals surface area contributed by atoms with E-state index >= 15 is 0 Å². The van der Waals surface area contributed by atoms with Crippen LogP contribution >= 0.6 is 39.3 Å². The third-order valence-corrected chi connectivity index (χ3v) is 7.89. The lowest BCUT2D eigenvalue weighted by Gasteiger charge is -2.12. The molecule has 4 aromatic rings. The van der Waals surface area contributed by atoms with Gasteiger partial charge in [-0.1, -0.05) is 39.7 Å². The molecule has 6 rings (SSSR count). The van der Waals surface area contributed by atoms with Crippen molar-refractivity contribution in [3.63, 3.8) is 0 Å². The molecule has 0 N–H and O–H groups in total. The summed E-state index contributed by atoms with van der Waals surface area (Å²) >= 11 is 10.5. The molecule has 3 aromatic carbocycles. The van der Waals surface area contributed by atoms with Crippen molar-refractivity contribution in [2.45, 2.75) is 13.1 Å². The molecule has 2 aliphatic heterocycles. The predicted molar refractivity (Wildman–Crippen MR) is 151 cm³/mol. The Balaban J connectivity index is 1.22. The number of amides is 2. The first-order chi connectivity index (χ1) is 18.4. The molecule has 0 saturated carbocycles. The topological polar surface area (TPSA) is 70.0 Å². The molecule has 7 nitrogen and oxygen atoms in total. The maximum atomic E-state index is 13.1. The Morgan fingerprint density at radius 1 is 1.03 bits per heavy atom. The van der Waals surface area contributed by atoms with E-state index < -0.39 is 0 Å². The van der Waals surface area contributed by atoms with Gasteiger partial charge in [-0.25, -0.2) is 0 Å². The van der Waals surface area contributed by atoms with Crippen LogP contribution in [-0.4, -0.2) is 34.0 Å². The number of aromatic nitrogens is 1. The van der Waals surface area contributed by atoms with Gasteiger partial charge in [0.15, 0.2) is 11.5 Å². The van der Waals surface area contributed by atoms with E-state index in [-0.39, 0.29) is 24.5 Å². The van der Waals surface area contributed by atoms with E-state index in [1.54, 1.807) is 18.2 Å². The molecule has 0 atom stereocenters. The van der Waals surface area contributed by atoms with Crippen LogP contribution in [0.1, 0.15) is 11.1 Å². The molecule has 0 radical (unpaired) electrons. The van der Waals surface area contributed by atoms with Crippen LogP contribution in [0.2, 0.25) is 5.02 Å². The molecule has 0 spiro atoms. The van der Waals surface area contributed by atoms with E-state index in [9.17, 15) is 9.59 Å². The van der Waals surface area contributed by atoms with Gasteiger partial charge < -0.3 is 18.8 Å². The van der Waals surface area contributed by atoms with E-state index in [1.807, 2.05) is 54.7 Å². The number of fused-ring (bicyclic) bond motifs is 2. The Labute approximate surface area is 236 Å². The highest BCUT2D eigenvalue weighted by atomic mass is 79.9. The van der Waals surface area contributed by atoms with Gasteiger partial charge in [-0.15, -0.1) is 0 Å². The average Bonchev–Trinajstić information content (AvgIpc) is 3.58. The zero-order valence-corrected chi connectivity index (χ0v) is 23.0. The van der Waals surface area contributed by atoms with Crippen LogP contribution in [0.25, 0.3) is 17.0 Å². The average molecular weight is 612 g/mol. The van der Waals surface area contributed by atoms with Gasteiger partial charge in [-0.2, -0.15) is 0 Å². The van der Waals surface area contributed by atoms with Crippen LogP contribution in [0.5, 0.6) is 17.2 Å². The van der Waals surface area contributed by atoms with Crippen molar-refractivity contribution in [2.75, 3.05) is 13.4 Å². The molecule has 2 aliphatic rings. The molecule has 192 valence electrons. The number of benzene rings is 3. The predicted octanol–water partition coefficient (Wildman–Crippen LogP) is 7.10. The molecular formula is C28H20BrClN2O5S. The fourth-order valence-electron chi connectivity index (χ4n) is 4.38. The van der Waals surface area contributed by atoms with Crippen LogP contribution in [-0.2, 0) is 17.9 Å². The van der Waals surface area contributed by atoms with Crippen LogP contribution in [0, 0.1) is 0 Å². The molecule has 10 heteroatoms. The molecule has 0 aliphatic carbocycles. The van der Waals surface area contributed by atoms with Crippen molar-refractivity contribution < 1.29 is 23.8 Å². The summed E-state index contributed by atoms with van der Waals surface area (Å²) in [6, 6.07) is 18.6. The van der Waals surface area contributed by atoms with Crippen molar-refractivity contribution in [1.82, 2.24) is 9.47 Å². The van der Waals surface area contributed by atoms with Crippen molar-refractivity contribution in [3.8, 4) is 17.2 Å². The van der Waals surface area contributed by atoms with Gasteiger partial charge in [0, 0.05) is 38.2 Å². The summed E-state index contributed by atoms with van der Waals surface area (Å²) in [6.07, 6.45) is 3.77. The molecule has 2 amide bonds. The molecule has 3 heterocycles. The van der Waals surface area contributed by atoms with Gasteiger partial charge in [0.1, 0.15) is 12.4 Å². The number of thioether (sulfide) groups is 1. The third-order valence-electron chi connectivity index (χ3n) is 6.23. The van der Waals surface area contributed by atoms with E-state index in [0.29, 0.717) is 40.3 Å². The minimum Gasteiger partial charge on any atom is -0.492 e. The maximum Gasteiger partial charge on any atom is 0.293 e. The van der Waals surface area contributed by atoms with E-state index in [2.05, 4.69) is 20.5 Å². The fourth-order valence-corrected chi connectivity index (χ4v) is 5.69. The number of rotatable bonds is 7. The monoisotopic (exact) mass is 610 g/mol. The Morgan fingerprint density at radius 2 is 1.84 bits per heavy atom. The first-order valence-electron chi connectivity index (χ1n) is 11.8. The number of halogens is 2. The SMILES string of the molecule is O=C1S/C(=C\c2cn(CCOc3ccc4c(c3)OCO4)c3ccc(Br)cc23)C(=O)N1Cc1ccc(Cl)cc1. The number of ether oxygens (including phenoxy) is 3. The lowest BCUT2D eigenvalue weighted by Crippen LogP contribution is -2.27. The third kappa shape index (κ3) is 5.01. The van der Waals surface area contributed by atoms with Crippen LogP contribution in [0.3, 0.4) is 0 Å². The molecular weight excluding hydrogens is 592 g/mol. The standard InChI is InChI=1S/C28H20BrClN2O5S/c29-19-3-7-23-22(12-19)18(15-31(23)9-10-35-21-6-8-24-25(13-21)37-16-36-24)11-26-27(33)32(28(34)38-26)14-17-1-4-20(30)5-2-17/h1-8,11-13,15H,9-10,14,16H2/b26-11-. The molecule has 0 unspecified atom stereocenters. The normalized spacial score (nSPS) is 15.7. The molecule has 38 heavy (non-hydrogen) atoms. The Morgan fingerprint density at radius 3 is 2.68 bits per heavy atom.